The Bertz CT molecular complexity index is 992. The van der Waals surface area contributed by atoms with Gasteiger partial charge in [-0.05, 0) is 6.07 Å². The minimum absolute atomic E-state index is 0. The van der Waals surface area contributed by atoms with Crippen molar-refractivity contribution in [3.05, 3.63) is 54.0 Å². The number of rotatable bonds is 4. The molecule has 1 aromatic carbocycles. The molecule has 2 saturated heterocycles. The number of para-hydroxylation sites is 1. The van der Waals surface area contributed by atoms with E-state index in [0.29, 0.717) is 11.4 Å². The van der Waals surface area contributed by atoms with E-state index in [9.17, 15) is 4.79 Å². The lowest BCUT2D eigenvalue weighted by Gasteiger charge is -2.60. The van der Waals surface area contributed by atoms with Crippen LogP contribution in [0.2, 0.25) is 0 Å². The van der Waals surface area contributed by atoms with E-state index in [1.54, 1.807) is 5.48 Å². The van der Waals surface area contributed by atoms with Crippen molar-refractivity contribution in [1.82, 2.24) is 20.3 Å². The minimum Gasteiger partial charge on any atom is -0.464 e. The average molecular weight is 402 g/mol. The lowest BCUT2D eigenvalue weighted by molar-refractivity contribution is -0.0279. The number of anilines is 1. The zero-order chi connectivity index (χ0) is 18.4. The number of fused-ring (bicyclic) bond motifs is 1. The summed E-state index contributed by atoms with van der Waals surface area (Å²) >= 11 is 0. The first kappa shape index (κ1) is 18.7. The lowest BCUT2D eigenvalue weighted by Crippen LogP contribution is -2.72. The summed E-state index contributed by atoms with van der Waals surface area (Å²) < 4.78 is 5.62. The second-order valence-corrected chi connectivity index (χ2v) is 7.47. The number of hydroxylamine groups is 1. The topological polar surface area (TPSA) is 94.7 Å². The SMILES string of the molecule is Cl.O=C(NO)c1cnc(N2CC3(CN(Cc4coc5ccccc45)C3)C2)nc1. The van der Waals surface area contributed by atoms with Crippen molar-refractivity contribution >= 4 is 35.2 Å². The molecule has 0 atom stereocenters. The molecule has 2 N–H and O–H groups in total. The van der Waals surface area contributed by atoms with Gasteiger partial charge in [-0.25, -0.2) is 15.4 Å². The standard InChI is InChI=1S/C19H19N5O3.ClH/c25-17(22-26)13-5-20-18(21-6-13)24-11-19(12-24)9-23(10-19)7-14-8-27-16-4-2-1-3-15(14)16;/h1-6,8,26H,7,9-12H2,(H,22,25);1H. The Morgan fingerprint density at radius 3 is 2.61 bits per heavy atom. The van der Waals surface area contributed by atoms with Crippen molar-refractivity contribution in [2.24, 2.45) is 5.41 Å². The van der Waals surface area contributed by atoms with Gasteiger partial charge in [0, 0.05) is 61.5 Å². The zero-order valence-corrected chi connectivity index (χ0v) is 15.9. The second kappa shape index (κ2) is 7.05. The summed E-state index contributed by atoms with van der Waals surface area (Å²) in [6.45, 7) is 4.84. The fourth-order valence-electron chi connectivity index (χ4n) is 4.18. The molecule has 4 heterocycles. The molecular formula is C19H20ClN5O3. The molecule has 2 fully saturated rings. The maximum absolute atomic E-state index is 11.3. The molecule has 5 rings (SSSR count). The largest absolute Gasteiger partial charge is 0.464 e. The third-order valence-corrected chi connectivity index (χ3v) is 5.41. The van der Waals surface area contributed by atoms with Crippen LogP contribution in [0.3, 0.4) is 0 Å². The second-order valence-electron chi connectivity index (χ2n) is 7.47. The number of nitrogens with one attached hydrogen (secondary N) is 1. The summed E-state index contributed by atoms with van der Waals surface area (Å²) in [5.74, 6) is 0.0115. The fourth-order valence-corrected chi connectivity index (χ4v) is 4.18. The van der Waals surface area contributed by atoms with Crippen LogP contribution in [-0.2, 0) is 6.54 Å². The first-order chi connectivity index (χ1) is 13.2. The number of hydrogen-bond acceptors (Lipinski definition) is 7. The lowest BCUT2D eigenvalue weighted by atomic mass is 9.73. The Morgan fingerprint density at radius 1 is 1.18 bits per heavy atom. The molecule has 0 unspecified atom stereocenters. The van der Waals surface area contributed by atoms with Gasteiger partial charge in [-0.3, -0.25) is 14.9 Å². The third-order valence-electron chi connectivity index (χ3n) is 5.41. The zero-order valence-electron chi connectivity index (χ0n) is 15.0. The normalized spacial score (nSPS) is 17.7. The first-order valence-electron chi connectivity index (χ1n) is 8.85. The van der Waals surface area contributed by atoms with Crippen LogP contribution in [0.5, 0.6) is 0 Å². The smallest absolute Gasteiger partial charge is 0.277 e. The Morgan fingerprint density at radius 2 is 1.89 bits per heavy atom. The molecule has 0 radical (unpaired) electrons. The van der Waals surface area contributed by atoms with E-state index in [1.807, 2.05) is 24.5 Å². The number of nitrogens with zero attached hydrogens (tertiary/aromatic N) is 4. The summed E-state index contributed by atoms with van der Waals surface area (Å²) in [4.78, 5) is 24.3. The van der Waals surface area contributed by atoms with E-state index < -0.39 is 5.91 Å². The Hall–Kier alpha value is -2.68. The monoisotopic (exact) mass is 401 g/mol. The van der Waals surface area contributed by atoms with E-state index in [4.69, 9.17) is 9.62 Å². The molecule has 146 valence electrons. The van der Waals surface area contributed by atoms with Crippen LogP contribution in [0.15, 0.2) is 47.3 Å². The Kier molecular flexibility index (Phi) is 4.70. The van der Waals surface area contributed by atoms with Crippen LogP contribution in [0.1, 0.15) is 15.9 Å². The number of furan rings is 1. The average Bonchev–Trinajstić information content (AvgIpc) is 3.05. The molecule has 1 amide bonds. The number of benzene rings is 1. The van der Waals surface area contributed by atoms with Gasteiger partial charge < -0.3 is 9.32 Å². The molecule has 8 nitrogen and oxygen atoms in total. The maximum atomic E-state index is 11.3. The predicted octanol–water partition coefficient (Wildman–Crippen LogP) is 2.09. The molecule has 0 aliphatic carbocycles. The van der Waals surface area contributed by atoms with Gasteiger partial charge >= 0.3 is 0 Å². The van der Waals surface area contributed by atoms with Gasteiger partial charge in [-0.15, -0.1) is 12.4 Å². The summed E-state index contributed by atoms with van der Waals surface area (Å²) in [6.07, 6.45) is 4.71. The molecule has 2 aliphatic rings. The molecule has 3 aromatic rings. The van der Waals surface area contributed by atoms with Crippen LogP contribution >= 0.6 is 12.4 Å². The van der Waals surface area contributed by atoms with E-state index in [0.717, 1.165) is 38.3 Å². The van der Waals surface area contributed by atoms with Crippen molar-refractivity contribution in [1.29, 1.82) is 0 Å². The van der Waals surface area contributed by atoms with E-state index in [-0.39, 0.29) is 18.0 Å². The van der Waals surface area contributed by atoms with E-state index >= 15 is 0 Å². The highest BCUT2D eigenvalue weighted by Crippen LogP contribution is 2.41. The number of amides is 1. The van der Waals surface area contributed by atoms with E-state index in [1.165, 1.54) is 23.3 Å². The number of likely N-dealkylation sites (tertiary alicyclic amines) is 1. The minimum atomic E-state index is -0.608. The molecule has 2 aromatic heterocycles. The van der Waals surface area contributed by atoms with Crippen LogP contribution in [0.25, 0.3) is 11.0 Å². The molecule has 28 heavy (non-hydrogen) atoms. The van der Waals surface area contributed by atoms with Crippen molar-refractivity contribution in [2.75, 3.05) is 31.1 Å². The fraction of sp³-hybridized carbons (Fsp3) is 0.316. The Labute approximate surface area is 167 Å². The molecule has 0 saturated carbocycles. The van der Waals surface area contributed by atoms with E-state index in [2.05, 4.69) is 25.8 Å². The summed E-state index contributed by atoms with van der Waals surface area (Å²) in [5.41, 5.74) is 4.29. The Balaban J connectivity index is 0.00000192. The van der Waals surface area contributed by atoms with Crippen LogP contribution in [0, 0.1) is 5.41 Å². The van der Waals surface area contributed by atoms with Crippen LogP contribution in [0.4, 0.5) is 5.95 Å². The van der Waals surface area contributed by atoms with Crippen LogP contribution in [-0.4, -0.2) is 52.2 Å². The maximum Gasteiger partial charge on any atom is 0.277 e. The van der Waals surface area contributed by atoms with Gasteiger partial charge in [0.25, 0.3) is 5.91 Å². The molecular weight excluding hydrogens is 382 g/mol. The van der Waals surface area contributed by atoms with Crippen molar-refractivity contribution < 1.29 is 14.4 Å². The highest BCUT2D eigenvalue weighted by Gasteiger charge is 2.52. The third kappa shape index (κ3) is 3.09. The predicted molar refractivity (Wildman–Crippen MR) is 105 cm³/mol. The van der Waals surface area contributed by atoms with Gasteiger partial charge in [0.1, 0.15) is 5.58 Å². The van der Waals surface area contributed by atoms with Crippen molar-refractivity contribution in [3.63, 3.8) is 0 Å². The molecule has 1 spiro atoms. The number of hydrogen-bond donors (Lipinski definition) is 2. The van der Waals surface area contributed by atoms with Gasteiger partial charge in [0.15, 0.2) is 0 Å². The van der Waals surface area contributed by atoms with Gasteiger partial charge in [0.2, 0.25) is 5.95 Å². The number of halogens is 1. The van der Waals surface area contributed by atoms with Crippen LogP contribution < -0.4 is 10.4 Å². The highest BCUT2D eigenvalue weighted by atomic mass is 35.5. The molecule has 9 heteroatoms. The molecule has 0 bridgehead atoms. The number of aromatic nitrogens is 2. The number of carbonyl (C=O) groups is 1. The summed E-state index contributed by atoms with van der Waals surface area (Å²) in [6, 6.07) is 8.13. The molecule has 2 aliphatic heterocycles. The van der Waals surface area contributed by atoms with Gasteiger partial charge in [-0.2, -0.15) is 0 Å². The van der Waals surface area contributed by atoms with Crippen molar-refractivity contribution in [3.8, 4) is 0 Å². The summed E-state index contributed by atoms with van der Waals surface area (Å²) in [5, 5.41) is 9.82. The number of carbonyl (C=O) groups excluding carboxylic acids is 1. The highest BCUT2D eigenvalue weighted by molar-refractivity contribution is 5.92. The van der Waals surface area contributed by atoms with Gasteiger partial charge in [0.05, 0.1) is 11.8 Å². The first-order valence-corrected chi connectivity index (χ1v) is 8.85. The summed E-state index contributed by atoms with van der Waals surface area (Å²) in [7, 11) is 0. The quantitative estimate of drug-likeness (QED) is 0.510. The van der Waals surface area contributed by atoms with Crippen molar-refractivity contribution in [2.45, 2.75) is 6.54 Å². The van der Waals surface area contributed by atoms with Gasteiger partial charge in [-0.1, -0.05) is 18.2 Å².